The van der Waals surface area contributed by atoms with Crippen LogP contribution in [0.4, 0.5) is 0 Å². The molecule has 19 heavy (non-hydrogen) atoms. The summed E-state index contributed by atoms with van der Waals surface area (Å²) < 4.78 is 0.789. The van der Waals surface area contributed by atoms with Crippen LogP contribution in [-0.2, 0) is 9.59 Å². The zero-order valence-electron chi connectivity index (χ0n) is 10.1. The van der Waals surface area contributed by atoms with Gasteiger partial charge in [-0.05, 0) is 11.6 Å². The summed E-state index contributed by atoms with van der Waals surface area (Å²) in [5.41, 5.74) is 8.23. The van der Waals surface area contributed by atoms with Crippen LogP contribution in [0.15, 0.2) is 23.4 Å². The molecule has 2 aliphatic rings. The van der Waals surface area contributed by atoms with E-state index in [9.17, 15) is 14.7 Å². The third-order valence-electron chi connectivity index (χ3n) is 2.61. The van der Waals surface area contributed by atoms with Gasteiger partial charge in [0.2, 0.25) is 5.91 Å². The Bertz CT molecular complexity index is 444. The Morgan fingerprint density at radius 3 is 2.74 bits per heavy atom. The molecule has 0 bridgehead atoms. The van der Waals surface area contributed by atoms with Crippen molar-refractivity contribution in [1.29, 1.82) is 0 Å². The Morgan fingerprint density at radius 1 is 1.58 bits per heavy atom. The van der Waals surface area contributed by atoms with E-state index in [1.54, 1.807) is 6.08 Å². The van der Waals surface area contributed by atoms with Crippen LogP contribution in [0.25, 0.3) is 5.73 Å². The SMILES string of the molecule is [NH-][C@@H]1C(=O)N2C(C(=O)O)=C(C=CCI)CS[C@H]12.[Rf].[Rf]. The number of rotatable bonds is 3. The van der Waals surface area contributed by atoms with Gasteiger partial charge in [0.05, 0.1) is 5.37 Å². The van der Waals surface area contributed by atoms with Gasteiger partial charge in [0.25, 0.3) is 0 Å². The Kier molecular flexibility index (Phi) is 5.09. The van der Waals surface area contributed by atoms with E-state index in [2.05, 4.69) is 22.6 Å². The van der Waals surface area contributed by atoms with Gasteiger partial charge in [0.1, 0.15) is 5.70 Å². The second-order valence-corrected chi connectivity index (χ2v) is 5.61. The van der Waals surface area contributed by atoms with E-state index in [4.69, 9.17) is 5.73 Å². The first-order chi connectivity index (χ1) is 8.07. The number of hydrogen-bond donors (Lipinski definition) is 1. The van der Waals surface area contributed by atoms with Crippen molar-refractivity contribution in [1.82, 2.24) is 4.90 Å². The molecular formula is C10H10IN2O3Rf2S-. The van der Waals surface area contributed by atoms with E-state index in [1.165, 1.54) is 16.7 Å². The number of carbonyl (C=O) groups is 2. The molecule has 5 nitrogen and oxygen atoms in total. The average Bonchev–Trinajstić information content (AvgIpc) is 2.33. The summed E-state index contributed by atoms with van der Waals surface area (Å²) in [6.07, 6.45) is 3.62. The van der Waals surface area contributed by atoms with Crippen LogP contribution in [0, 0.1) is 0 Å². The Labute approximate surface area is 116 Å². The number of nitrogens with zero attached hydrogens (tertiary/aromatic N) is 1. The van der Waals surface area contributed by atoms with Crippen LogP contribution in [0.5, 0.6) is 0 Å². The van der Waals surface area contributed by atoms with E-state index in [1.807, 2.05) is 6.08 Å². The van der Waals surface area contributed by atoms with Gasteiger partial charge < -0.3 is 10.8 Å². The summed E-state index contributed by atoms with van der Waals surface area (Å²) in [5.74, 6) is -0.970. The van der Waals surface area contributed by atoms with Crippen molar-refractivity contribution in [2.75, 3.05) is 10.2 Å². The number of nitrogens with one attached hydrogen (secondary N) is 1. The maximum absolute atomic E-state index is 11.5. The van der Waals surface area contributed by atoms with E-state index >= 15 is 0 Å². The fourth-order valence-corrected chi connectivity index (χ4v) is 3.33. The molecule has 0 saturated carbocycles. The number of β-lactam (4-membered cyclic amide) rings is 1. The summed E-state index contributed by atoms with van der Waals surface area (Å²) >= 11 is 3.61. The summed E-state index contributed by atoms with van der Waals surface area (Å²) in [6.45, 7) is 0. The van der Waals surface area contributed by atoms with Crippen molar-refractivity contribution < 1.29 is 14.7 Å². The van der Waals surface area contributed by atoms with Crippen molar-refractivity contribution in [2.24, 2.45) is 0 Å². The molecule has 0 unspecified atom stereocenters. The number of alkyl halides is 1. The number of thioether (sulfide) groups is 1. The fraction of sp³-hybridized carbons (Fsp3) is 0.400. The minimum Gasteiger partial charge on any atom is -0.664 e. The van der Waals surface area contributed by atoms with Crippen LogP contribution in [0.2, 0.25) is 0 Å². The van der Waals surface area contributed by atoms with Gasteiger partial charge in [0.15, 0.2) is 0 Å². The molecule has 2 N–H and O–H groups in total. The minimum atomic E-state index is -1.09. The predicted octanol–water partition coefficient (Wildman–Crippen LogP) is 1.65. The van der Waals surface area contributed by atoms with Crippen LogP contribution in [0.1, 0.15) is 0 Å². The number of aliphatic carboxylic acids is 1. The summed E-state index contributed by atoms with van der Waals surface area (Å²) in [5, 5.41) is 8.85. The number of carboxylic acids is 1. The molecule has 9 heteroatoms. The Balaban J connectivity index is 0.00000162. The molecule has 0 aromatic heterocycles. The van der Waals surface area contributed by atoms with Gasteiger partial charge in [-0.2, -0.15) is 0 Å². The molecule has 0 aromatic carbocycles. The van der Waals surface area contributed by atoms with Crippen LogP contribution in [-0.4, -0.2) is 43.5 Å². The van der Waals surface area contributed by atoms with E-state index in [-0.39, 0.29) is 11.1 Å². The van der Waals surface area contributed by atoms with Gasteiger partial charge in [-0.1, -0.05) is 34.7 Å². The second-order valence-electron chi connectivity index (χ2n) is 3.62. The van der Waals surface area contributed by atoms with E-state index in [0.29, 0.717) is 11.3 Å². The van der Waals surface area contributed by atoms with E-state index < -0.39 is 17.9 Å². The molecule has 0 radical (unpaired) electrons. The average molecular weight is 899 g/mol. The van der Waals surface area contributed by atoms with Crippen LogP contribution >= 0.6 is 34.4 Å². The molecule has 1 amide bonds. The number of allylic oxidation sites excluding steroid dienone is 2. The van der Waals surface area contributed by atoms with Crippen LogP contribution < -0.4 is 0 Å². The second kappa shape index (κ2) is 5.87. The Hall–Kier alpha value is -2.54. The monoisotopic (exact) mass is 899 g/mol. The smallest absolute Gasteiger partial charge is 0.352 e. The van der Waals surface area contributed by atoms with Crippen molar-refractivity contribution in [3.05, 3.63) is 29.2 Å². The first-order valence-electron chi connectivity index (χ1n) is 4.92. The zero-order chi connectivity index (χ0) is 12.6. The number of amides is 1. The first kappa shape index (κ1) is 16.5. The quantitative estimate of drug-likeness (QED) is 0.266. The molecule has 0 spiro atoms. The predicted molar refractivity (Wildman–Crippen MR) is 73.9 cm³/mol. The maximum Gasteiger partial charge on any atom is 0.352 e. The van der Waals surface area contributed by atoms with Crippen molar-refractivity contribution in [3.8, 4) is 0 Å². The molecule has 2 aliphatic heterocycles. The molecule has 0 aromatic rings. The number of carboxylic acid groups (broad SMARTS) is 1. The fourth-order valence-electron chi connectivity index (χ4n) is 1.82. The largest absolute Gasteiger partial charge is 0.664 e. The van der Waals surface area contributed by atoms with Crippen molar-refractivity contribution in [3.63, 3.8) is 0 Å². The molecule has 1 fully saturated rings. The topological polar surface area (TPSA) is 81.4 Å². The third kappa shape index (κ3) is 2.36. The molecule has 96 valence electrons. The van der Waals surface area contributed by atoms with Gasteiger partial charge in [0, 0.05) is 10.2 Å². The Morgan fingerprint density at radius 2 is 2.21 bits per heavy atom. The first-order valence-corrected chi connectivity index (χ1v) is 7.50. The number of carbonyl (C=O) groups excluding carboxylic acids is 1. The number of fused-ring (bicyclic) bond motifs is 1. The standard InChI is InChI=1S/C10H10IN2O3S.2Rf/c11-3-1-2-5-4-17-9-6(12)8(14)13(9)7(5)10(15)16;;/h1-2,6,9,12H,3-4H2,(H,15,16);;/q-1;;/t6-,9-;;/m1../s1. The molecule has 0 aliphatic carbocycles. The molecule has 1 saturated heterocycles. The van der Waals surface area contributed by atoms with Crippen LogP contribution in [0.3, 0.4) is 0 Å². The van der Waals surface area contributed by atoms with Crippen molar-refractivity contribution in [2.45, 2.75) is 11.4 Å². The normalized spacial score (nSPS) is 25.4. The number of hydrogen-bond acceptors (Lipinski definition) is 3. The molecule has 2 rings (SSSR count). The summed E-state index contributed by atoms with van der Waals surface area (Å²) in [4.78, 5) is 24.0. The third-order valence-corrected chi connectivity index (χ3v) is 4.42. The number of halogens is 1. The van der Waals surface area contributed by atoms with Gasteiger partial charge in [-0.3, -0.25) is 9.69 Å². The zero-order valence-corrected chi connectivity index (χ0v) is 25.9. The molecule has 2 heterocycles. The van der Waals surface area contributed by atoms with Gasteiger partial charge >= 0.3 is 5.97 Å². The minimum absolute atomic E-state index is 0. The molecular weight excluding hydrogens is 889 g/mol. The summed E-state index contributed by atoms with van der Waals surface area (Å²) in [6, 6.07) is -0.815. The summed E-state index contributed by atoms with van der Waals surface area (Å²) in [7, 11) is 0. The van der Waals surface area contributed by atoms with E-state index in [0.717, 1.165) is 4.43 Å². The van der Waals surface area contributed by atoms with Gasteiger partial charge in [-0.15, -0.1) is 11.8 Å². The maximum atomic E-state index is 11.5. The molecule has 2 atom stereocenters. The van der Waals surface area contributed by atoms with Gasteiger partial charge in [-0.25, -0.2) is 4.79 Å². The van der Waals surface area contributed by atoms with Crippen molar-refractivity contribution >= 4 is 46.2 Å².